The highest BCUT2D eigenvalue weighted by Crippen LogP contribution is 2.45. The van der Waals surface area contributed by atoms with Gasteiger partial charge in [0, 0.05) is 0 Å². The second-order valence-corrected chi connectivity index (χ2v) is 12.1. The van der Waals surface area contributed by atoms with Gasteiger partial charge in [-0.2, -0.15) is 0 Å². The molecule has 0 fully saturated rings. The molecule has 0 aromatic heterocycles. The predicted molar refractivity (Wildman–Crippen MR) is 198 cm³/mol. The normalized spacial score (nSPS) is 11.5. The van der Waals surface area contributed by atoms with E-state index in [2.05, 4.69) is 182 Å². The van der Waals surface area contributed by atoms with Crippen LogP contribution in [0.2, 0.25) is 0 Å². The number of hydrogen-bond donors (Lipinski definition) is 0. The average molecular weight is 583 g/mol. The van der Waals surface area contributed by atoms with Gasteiger partial charge in [-0.05, 0) is 106 Å². The summed E-state index contributed by atoms with van der Waals surface area (Å²) >= 11 is 0. The zero-order valence-corrected chi connectivity index (χ0v) is 25.3. The van der Waals surface area contributed by atoms with Crippen LogP contribution in [0.25, 0.3) is 87.6 Å². The Labute approximate surface area is 268 Å². The number of fused-ring (bicyclic) bond motifs is 5. The van der Waals surface area contributed by atoms with Crippen LogP contribution < -0.4 is 0 Å². The van der Waals surface area contributed by atoms with Gasteiger partial charge in [-0.25, -0.2) is 0 Å². The van der Waals surface area contributed by atoms with Crippen LogP contribution in [-0.2, 0) is 0 Å². The highest BCUT2D eigenvalue weighted by molar-refractivity contribution is 6.22. The van der Waals surface area contributed by atoms with Crippen molar-refractivity contribution < 1.29 is 0 Å². The van der Waals surface area contributed by atoms with Crippen molar-refractivity contribution in [3.63, 3.8) is 0 Å². The number of benzene rings is 9. The molecule has 0 atom stereocenters. The van der Waals surface area contributed by atoms with E-state index in [-0.39, 0.29) is 0 Å². The molecule has 214 valence electrons. The van der Waals surface area contributed by atoms with E-state index in [1.807, 2.05) is 0 Å². The zero-order chi connectivity index (χ0) is 30.5. The van der Waals surface area contributed by atoms with Gasteiger partial charge in [0.25, 0.3) is 0 Å². The van der Waals surface area contributed by atoms with Crippen molar-refractivity contribution in [3.05, 3.63) is 182 Å². The molecule has 0 aliphatic carbocycles. The van der Waals surface area contributed by atoms with E-state index in [0.717, 1.165) is 0 Å². The molecule has 0 saturated carbocycles. The number of rotatable bonds is 4. The maximum atomic E-state index is 2.40. The fourth-order valence-electron chi connectivity index (χ4n) is 7.26. The van der Waals surface area contributed by atoms with Gasteiger partial charge in [-0.3, -0.25) is 0 Å². The molecule has 0 heterocycles. The van der Waals surface area contributed by atoms with Gasteiger partial charge in [0.15, 0.2) is 0 Å². The van der Waals surface area contributed by atoms with E-state index < -0.39 is 0 Å². The van der Waals surface area contributed by atoms with Gasteiger partial charge in [0.2, 0.25) is 0 Å². The van der Waals surface area contributed by atoms with E-state index in [4.69, 9.17) is 0 Å². The first-order valence-electron chi connectivity index (χ1n) is 15.9. The molecule has 0 heteroatoms. The maximum absolute atomic E-state index is 2.40. The van der Waals surface area contributed by atoms with Gasteiger partial charge < -0.3 is 0 Å². The summed E-state index contributed by atoms with van der Waals surface area (Å²) in [5.41, 5.74) is 9.92. The molecule has 0 radical (unpaired) electrons. The van der Waals surface area contributed by atoms with Crippen LogP contribution in [0.1, 0.15) is 0 Å². The summed E-state index contributed by atoms with van der Waals surface area (Å²) < 4.78 is 0. The van der Waals surface area contributed by atoms with Gasteiger partial charge in [-0.1, -0.05) is 164 Å². The third kappa shape index (κ3) is 4.38. The summed E-state index contributed by atoms with van der Waals surface area (Å²) in [5.74, 6) is 0. The molecular weight excluding hydrogens is 553 g/mol. The Morgan fingerprint density at radius 3 is 1.30 bits per heavy atom. The summed E-state index contributed by atoms with van der Waals surface area (Å²) in [5, 5.41) is 10.2. The van der Waals surface area contributed by atoms with Crippen LogP contribution in [-0.4, -0.2) is 0 Å². The van der Waals surface area contributed by atoms with Gasteiger partial charge in [0.1, 0.15) is 0 Å². The summed E-state index contributed by atoms with van der Waals surface area (Å²) in [4.78, 5) is 0. The molecule has 0 aliphatic rings. The molecule has 9 aromatic rings. The monoisotopic (exact) mass is 582 g/mol. The molecule has 0 aliphatic heterocycles. The summed E-state index contributed by atoms with van der Waals surface area (Å²) in [7, 11) is 0. The molecule has 0 N–H and O–H groups in total. The lowest BCUT2D eigenvalue weighted by atomic mass is 9.85. The first-order valence-corrected chi connectivity index (χ1v) is 15.9. The van der Waals surface area contributed by atoms with Crippen molar-refractivity contribution in [3.8, 4) is 44.5 Å². The van der Waals surface area contributed by atoms with E-state index >= 15 is 0 Å². The fraction of sp³-hybridized carbons (Fsp3) is 0. The van der Waals surface area contributed by atoms with Crippen LogP contribution in [0.3, 0.4) is 0 Å². The van der Waals surface area contributed by atoms with Crippen LogP contribution in [0.5, 0.6) is 0 Å². The minimum atomic E-state index is 1.21. The Morgan fingerprint density at radius 1 is 0.196 bits per heavy atom. The minimum absolute atomic E-state index is 1.21. The maximum Gasteiger partial charge on any atom is -0.00262 e. The summed E-state index contributed by atoms with van der Waals surface area (Å²) in [6.07, 6.45) is 0. The first kappa shape index (κ1) is 26.4. The first-order chi connectivity index (χ1) is 22.8. The highest BCUT2D eigenvalue weighted by atomic mass is 14.2. The Hall–Kier alpha value is -5.98. The third-order valence-corrected chi connectivity index (χ3v) is 9.42. The summed E-state index contributed by atoms with van der Waals surface area (Å²) in [6, 6.07) is 66.5. The van der Waals surface area contributed by atoms with Gasteiger partial charge >= 0.3 is 0 Å². The van der Waals surface area contributed by atoms with Crippen molar-refractivity contribution in [2.24, 2.45) is 0 Å². The van der Waals surface area contributed by atoms with Crippen molar-refractivity contribution in [2.45, 2.75) is 0 Å². The van der Waals surface area contributed by atoms with Crippen LogP contribution in [0.15, 0.2) is 182 Å². The Kier molecular flexibility index (Phi) is 6.25. The van der Waals surface area contributed by atoms with Crippen molar-refractivity contribution in [2.75, 3.05) is 0 Å². The fourth-order valence-corrected chi connectivity index (χ4v) is 7.26. The van der Waals surface area contributed by atoms with Crippen molar-refractivity contribution in [1.29, 1.82) is 0 Å². The Bertz CT molecular complexity index is 2560. The smallest absolute Gasteiger partial charge is 0.00262 e. The van der Waals surface area contributed by atoms with E-state index in [0.29, 0.717) is 0 Å². The van der Waals surface area contributed by atoms with Gasteiger partial charge in [0.05, 0.1) is 0 Å². The van der Waals surface area contributed by atoms with Crippen LogP contribution in [0.4, 0.5) is 0 Å². The molecule has 0 saturated heterocycles. The molecule has 0 amide bonds. The molecule has 9 rings (SSSR count). The van der Waals surface area contributed by atoms with Gasteiger partial charge in [-0.15, -0.1) is 0 Å². The largest absolute Gasteiger partial charge is 0.0622 e. The van der Waals surface area contributed by atoms with Crippen LogP contribution in [0, 0.1) is 0 Å². The molecule has 0 nitrogen and oxygen atoms in total. The second kappa shape index (κ2) is 10.9. The van der Waals surface area contributed by atoms with Crippen LogP contribution >= 0.6 is 0 Å². The lowest BCUT2D eigenvalue weighted by Crippen LogP contribution is -1.91. The third-order valence-electron chi connectivity index (χ3n) is 9.42. The lowest BCUT2D eigenvalue weighted by molar-refractivity contribution is 1.61. The average Bonchev–Trinajstić information content (AvgIpc) is 3.14. The molecule has 0 unspecified atom stereocenters. The van der Waals surface area contributed by atoms with Crippen molar-refractivity contribution in [1.82, 2.24) is 0 Å². The SMILES string of the molecule is c1ccc(-c2c3ccccc3c(-c3ccccc3)c3cc(-c4cccc(-c5ccc6c(ccc7ccccc76)c5)c4)ccc23)cc1. The molecular formula is C46H30. The highest BCUT2D eigenvalue weighted by Gasteiger charge is 2.17. The molecule has 0 bridgehead atoms. The van der Waals surface area contributed by atoms with E-state index in [1.165, 1.54) is 87.6 Å². The number of hydrogen-bond acceptors (Lipinski definition) is 0. The zero-order valence-electron chi connectivity index (χ0n) is 25.3. The Balaban J connectivity index is 1.25. The summed E-state index contributed by atoms with van der Waals surface area (Å²) in [6.45, 7) is 0. The lowest BCUT2D eigenvalue weighted by Gasteiger charge is -2.19. The molecule has 0 spiro atoms. The second-order valence-electron chi connectivity index (χ2n) is 12.1. The van der Waals surface area contributed by atoms with E-state index in [1.54, 1.807) is 0 Å². The van der Waals surface area contributed by atoms with E-state index in [9.17, 15) is 0 Å². The Morgan fingerprint density at radius 2 is 0.630 bits per heavy atom. The standard InChI is InChI=1S/C46H30/c1-3-13-32(14-4-1)45-41-20-9-10-21-42(41)46(33-15-5-2-6-16-33)44-30-37(25-27-43(44)45)35-18-11-17-34(28-35)36-24-26-40-38(29-36)23-22-31-12-7-8-19-39(31)40/h1-30H. The molecule has 46 heavy (non-hydrogen) atoms. The molecule has 9 aromatic carbocycles. The topological polar surface area (TPSA) is 0 Å². The predicted octanol–water partition coefficient (Wildman–Crippen LogP) is 13.0. The van der Waals surface area contributed by atoms with Crippen molar-refractivity contribution >= 4 is 43.1 Å². The quantitative estimate of drug-likeness (QED) is 0.143. The minimum Gasteiger partial charge on any atom is -0.0622 e.